The normalized spacial score (nSPS) is 17.0. The molecule has 2 unspecified atom stereocenters. The second-order valence-electron chi connectivity index (χ2n) is 8.03. The minimum Gasteiger partial charge on any atom is -0.493 e. The number of halogens is 1. The number of aliphatic hydroxyl groups is 1. The Kier molecular flexibility index (Phi) is 4.65. The molecule has 0 saturated carbocycles. The van der Waals surface area contributed by atoms with Crippen LogP contribution in [0.5, 0.6) is 5.75 Å². The highest BCUT2D eigenvalue weighted by Crippen LogP contribution is 2.47. The Morgan fingerprint density at radius 3 is 2.85 bits per heavy atom. The van der Waals surface area contributed by atoms with Crippen LogP contribution in [-0.2, 0) is 6.42 Å². The van der Waals surface area contributed by atoms with Crippen molar-refractivity contribution in [3.8, 4) is 5.75 Å². The molecule has 27 heavy (non-hydrogen) atoms. The summed E-state index contributed by atoms with van der Waals surface area (Å²) in [6, 6.07) is 7.74. The first-order valence-electron chi connectivity index (χ1n) is 9.36. The first kappa shape index (κ1) is 18.3. The van der Waals surface area contributed by atoms with Gasteiger partial charge in [0.1, 0.15) is 11.5 Å². The zero-order valence-corrected chi connectivity index (χ0v) is 16.6. The third kappa shape index (κ3) is 3.44. The van der Waals surface area contributed by atoms with E-state index in [2.05, 4.69) is 18.8 Å². The zero-order chi connectivity index (χ0) is 19.2. The van der Waals surface area contributed by atoms with Gasteiger partial charge in [-0.2, -0.15) is 0 Å². The molecule has 1 aliphatic heterocycles. The first-order valence-corrected chi connectivity index (χ1v) is 9.74. The summed E-state index contributed by atoms with van der Waals surface area (Å²) in [5, 5.41) is 13.1. The topological polar surface area (TPSA) is 55.5 Å². The van der Waals surface area contributed by atoms with Crippen LogP contribution in [0.3, 0.4) is 0 Å². The Bertz CT molecular complexity index is 944. The molecular formula is C22H24ClNO3. The van der Waals surface area contributed by atoms with E-state index >= 15 is 0 Å². The maximum absolute atomic E-state index is 11.5. The van der Waals surface area contributed by atoms with E-state index in [4.69, 9.17) is 20.8 Å². The Morgan fingerprint density at radius 1 is 1.30 bits per heavy atom. The van der Waals surface area contributed by atoms with E-state index in [1.54, 1.807) is 12.4 Å². The van der Waals surface area contributed by atoms with Crippen LogP contribution in [0.4, 0.5) is 0 Å². The van der Waals surface area contributed by atoms with E-state index in [-0.39, 0.29) is 0 Å². The van der Waals surface area contributed by atoms with Crippen LogP contribution in [0.15, 0.2) is 41.1 Å². The van der Waals surface area contributed by atoms with E-state index in [0.717, 1.165) is 28.7 Å². The van der Waals surface area contributed by atoms with Crippen molar-refractivity contribution in [3.63, 3.8) is 0 Å². The van der Waals surface area contributed by atoms with E-state index in [0.29, 0.717) is 35.3 Å². The van der Waals surface area contributed by atoms with Crippen molar-refractivity contribution < 1.29 is 14.3 Å². The van der Waals surface area contributed by atoms with Crippen molar-refractivity contribution in [1.29, 1.82) is 0 Å². The van der Waals surface area contributed by atoms with Crippen LogP contribution in [0.1, 0.15) is 50.0 Å². The number of aromatic nitrogens is 1. The summed E-state index contributed by atoms with van der Waals surface area (Å²) in [5.74, 6) is 1.45. The molecule has 0 bridgehead atoms. The molecule has 2 atom stereocenters. The van der Waals surface area contributed by atoms with E-state index in [1.807, 2.05) is 31.2 Å². The molecule has 4 nitrogen and oxygen atoms in total. The minimum atomic E-state index is -1.03. The largest absolute Gasteiger partial charge is 0.493 e. The number of rotatable bonds is 5. The number of nitrogens with zero attached hydrogens (tertiary/aromatic N) is 1. The molecule has 0 fully saturated rings. The molecule has 1 aliphatic rings. The van der Waals surface area contributed by atoms with Gasteiger partial charge in [0.05, 0.1) is 24.3 Å². The molecule has 0 amide bonds. The number of ether oxygens (including phenoxy) is 1. The average molecular weight is 386 g/mol. The molecule has 0 radical (unpaired) electrons. The Balaban J connectivity index is 1.92. The fourth-order valence-corrected chi connectivity index (χ4v) is 4.55. The second kappa shape index (κ2) is 6.84. The van der Waals surface area contributed by atoms with Gasteiger partial charge in [0.2, 0.25) is 0 Å². The van der Waals surface area contributed by atoms with Crippen molar-refractivity contribution >= 4 is 22.6 Å². The monoisotopic (exact) mass is 385 g/mol. The summed E-state index contributed by atoms with van der Waals surface area (Å²) < 4.78 is 12.1. The maximum atomic E-state index is 11.5. The molecule has 2 aromatic heterocycles. The SMILES string of the molecule is CC(C)CC(C)(O)C(c1cc2ccncc2o1)c1cc(Cl)cc2c1OCC2. The minimum absolute atomic E-state index is 0.321. The molecule has 1 N–H and O–H groups in total. The lowest BCUT2D eigenvalue weighted by Crippen LogP contribution is -2.35. The molecule has 3 aromatic rings. The number of pyridine rings is 1. The van der Waals surface area contributed by atoms with E-state index in [9.17, 15) is 5.11 Å². The van der Waals surface area contributed by atoms with Crippen molar-refractivity contribution in [1.82, 2.24) is 4.98 Å². The Labute approximate surface area is 164 Å². The lowest BCUT2D eigenvalue weighted by atomic mass is 9.76. The quantitative estimate of drug-likeness (QED) is 0.643. The van der Waals surface area contributed by atoms with Gasteiger partial charge in [-0.25, -0.2) is 0 Å². The number of benzene rings is 1. The van der Waals surface area contributed by atoms with Crippen molar-refractivity contribution in [3.05, 3.63) is 58.6 Å². The summed E-state index contributed by atoms with van der Waals surface area (Å²) in [4.78, 5) is 4.14. The summed E-state index contributed by atoms with van der Waals surface area (Å²) in [5.41, 5.74) is 1.64. The Morgan fingerprint density at radius 2 is 2.11 bits per heavy atom. The van der Waals surface area contributed by atoms with Crippen LogP contribution < -0.4 is 4.74 Å². The van der Waals surface area contributed by atoms with Gasteiger partial charge in [-0.15, -0.1) is 0 Å². The summed E-state index contributed by atoms with van der Waals surface area (Å²) in [6.07, 6.45) is 4.88. The van der Waals surface area contributed by atoms with E-state index in [1.165, 1.54) is 0 Å². The van der Waals surface area contributed by atoms with E-state index < -0.39 is 11.5 Å². The molecular weight excluding hydrogens is 362 g/mol. The second-order valence-corrected chi connectivity index (χ2v) is 8.47. The predicted octanol–water partition coefficient (Wildman–Crippen LogP) is 5.35. The van der Waals surface area contributed by atoms with Gasteiger partial charge in [0.25, 0.3) is 0 Å². The standard InChI is InChI=1S/C22H24ClNO3/c1-13(2)11-22(3,25)20(18-9-14-4-6-24-12-19(14)27-18)17-10-16(23)8-15-5-7-26-21(15)17/h4,6,8-10,12-13,20,25H,5,7,11H2,1-3H3. The predicted molar refractivity (Wildman–Crippen MR) is 107 cm³/mol. The van der Waals surface area contributed by atoms with Crippen LogP contribution in [0.25, 0.3) is 11.0 Å². The number of hydrogen-bond acceptors (Lipinski definition) is 4. The third-order valence-corrected chi connectivity index (χ3v) is 5.38. The molecule has 3 heterocycles. The van der Waals surface area contributed by atoms with Gasteiger partial charge in [0.15, 0.2) is 5.58 Å². The van der Waals surface area contributed by atoms with Gasteiger partial charge < -0.3 is 14.3 Å². The highest BCUT2D eigenvalue weighted by molar-refractivity contribution is 6.30. The number of fused-ring (bicyclic) bond motifs is 2. The van der Waals surface area contributed by atoms with Crippen LogP contribution >= 0.6 is 11.6 Å². The third-order valence-electron chi connectivity index (χ3n) is 5.16. The molecule has 0 spiro atoms. The van der Waals surface area contributed by atoms with Gasteiger partial charge in [-0.05, 0) is 49.1 Å². The molecule has 0 saturated heterocycles. The number of furan rings is 1. The van der Waals surface area contributed by atoms with Crippen LogP contribution in [0.2, 0.25) is 5.02 Å². The lowest BCUT2D eigenvalue weighted by molar-refractivity contribution is 0.0164. The molecule has 0 aliphatic carbocycles. The van der Waals surface area contributed by atoms with Crippen molar-refractivity contribution in [2.75, 3.05) is 6.61 Å². The van der Waals surface area contributed by atoms with Crippen LogP contribution in [0, 0.1) is 5.92 Å². The summed E-state index contributed by atoms with van der Waals surface area (Å²) >= 11 is 6.42. The molecule has 5 heteroatoms. The van der Waals surface area contributed by atoms with Gasteiger partial charge >= 0.3 is 0 Å². The molecule has 142 valence electrons. The smallest absolute Gasteiger partial charge is 0.152 e. The van der Waals surface area contributed by atoms with Gasteiger partial charge in [-0.3, -0.25) is 4.98 Å². The van der Waals surface area contributed by atoms with Crippen molar-refractivity contribution in [2.45, 2.75) is 45.1 Å². The summed E-state index contributed by atoms with van der Waals surface area (Å²) in [7, 11) is 0. The molecule has 4 rings (SSSR count). The van der Waals surface area contributed by atoms with Gasteiger partial charge in [0, 0.05) is 28.6 Å². The van der Waals surface area contributed by atoms with Gasteiger partial charge in [-0.1, -0.05) is 25.4 Å². The van der Waals surface area contributed by atoms with Crippen LogP contribution in [-0.4, -0.2) is 22.3 Å². The lowest BCUT2D eigenvalue weighted by Gasteiger charge is -2.34. The summed E-state index contributed by atoms with van der Waals surface area (Å²) in [6.45, 7) is 6.71. The highest BCUT2D eigenvalue weighted by atomic mass is 35.5. The first-order chi connectivity index (χ1) is 12.8. The molecule has 1 aromatic carbocycles. The highest BCUT2D eigenvalue weighted by Gasteiger charge is 2.40. The fraction of sp³-hybridized carbons (Fsp3) is 0.409. The zero-order valence-electron chi connectivity index (χ0n) is 15.8. The Hall–Kier alpha value is -2.04. The maximum Gasteiger partial charge on any atom is 0.152 e. The number of hydrogen-bond donors (Lipinski definition) is 1. The average Bonchev–Trinajstić information content (AvgIpc) is 3.19. The van der Waals surface area contributed by atoms with Crippen molar-refractivity contribution in [2.24, 2.45) is 5.92 Å². The fourth-order valence-electron chi connectivity index (χ4n) is 4.30.